The molecule has 2 rings (SSSR count). The second-order valence-electron chi connectivity index (χ2n) is 4.15. The molecule has 1 aromatic rings. The molecule has 1 aromatic heterocycles. The molecule has 1 N–H and O–H groups in total. The van der Waals surface area contributed by atoms with Crippen molar-refractivity contribution in [2.24, 2.45) is 11.8 Å². The lowest BCUT2D eigenvalue weighted by Gasteiger charge is -2.10. The molecule has 92 valence electrons. The Morgan fingerprint density at radius 2 is 2.41 bits per heavy atom. The number of hydrogen-bond acceptors (Lipinski definition) is 4. The van der Waals surface area contributed by atoms with Crippen LogP contribution in [0.25, 0.3) is 0 Å². The first kappa shape index (κ1) is 11.7. The highest BCUT2D eigenvalue weighted by molar-refractivity contribution is 5.87. The zero-order chi connectivity index (χ0) is 12.3. The van der Waals surface area contributed by atoms with Gasteiger partial charge in [0, 0.05) is 13.0 Å². The molecule has 0 spiro atoms. The molecule has 1 saturated heterocycles. The normalized spacial score (nSPS) is 23.5. The fourth-order valence-electron chi connectivity index (χ4n) is 1.81. The number of amides is 1. The fraction of sp³-hybridized carbons (Fsp3) is 0.500. The molecule has 1 aliphatic rings. The second kappa shape index (κ2) is 5.03. The van der Waals surface area contributed by atoms with E-state index in [-0.39, 0.29) is 30.3 Å². The molecule has 5 heteroatoms. The first-order valence-electron chi connectivity index (χ1n) is 5.65. The lowest BCUT2D eigenvalue weighted by molar-refractivity contribution is -0.141. The average Bonchev–Trinajstić information content (AvgIpc) is 2.91. The molecule has 0 radical (unpaired) electrons. The molecule has 2 atom stereocenters. The number of hydrogen-bond donors (Lipinski definition) is 1. The third-order valence-corrected chi connectivity index (χ3v) is 2.97. The largest absolute Gasteiger partial charge is 0.469 e. The van der Waals surface area contributed by atoms with E-state index in [1.807, 2.05) is 12.1 Å². The number of esters is 1. The van der Waals surface area contributed by atoms with Crippen molar-refractivity contribution in [3.8, 4) is 0 Å². The number of carbonyl (C=O) groups is 2. The SMILES string of the molecule is CC1C(=O)OCC1C(=O)NCCc1ccco1. The molecule has 1 fully saturated rings. The number of nitrogens with one attached hydrogen (secondary N) is 1. The summed E-state index contributed by atoms with van der Waals surface area (Å²) < 4.78 is 9.98. The quantitative estimate of drug-likeness (QED) is 0.784. The van der Waals surface area contributed by atoms with Crippen LogP contribution in [0.3, 0.4) is 0 Å². The summed E-state index contributed by atoms with van der Waals surface area (Å²) >= 11 is 0. The van der Waals surface area contributed by atoms with Crippen LogP contribution in [-0.2, 0) is 20.7 Å². The summed E-state index contributed by atoms with van der Waals surface area (Å²) in [6, 6.07) is 3.67. The molecule has 1 amide bonds. The van der Waals surface area contributed by atoms with Gasteiger partial charge in [0.15, 0.2) is 0 Å². The predicted molar refractivity (Wildman–Crippen MR) is 59.0 cm³/mol. The van der Waals surface area contributed by atoms with Crippen LogP contribution in [0.15, 0.2) is 22.8 Å². The van der Waals surface area contributed by atoms with Crippen LogP contribution >= 0.6 is 0 Å². The van der Waals surface area contributed by atoms with E-state index in [1.54, 1.807) is 13.2 Å². The lowest BCUT2D eigenvalue weighted by Crippen LogP contribution is -2.35. The Morgan fingerprint density at radius 3 is 3.00 bits per heavy atom. The Hall–Kier alpha value is -1.78. The van der Waals surface area contributed by atoms with Gasteiger partial charge < -0.3 is 14.5 Å². The Labute approximate surface area is 99.1 Å². The Kier molecular flexibility index (Phi) is 3.46. The van der Waals surface area contributed by atoms with Gasteiger partial charge in [0.2, 0.25) is 5.91 Å². The number of rotatable bonds is 4. The molecule has 1 aliphatic heterocycles. The zero-order valence-electron chi connectivity index (χ0n) is 9.64. The highest BCUT2D eigenvalue weighted by atomic mass is 16.5. The van der Waals surface area contributed by atoms with E-state index in [0.717, 1.165) is 5.76 Å². The van der Waals surface area contributed by atoms with Gasteiger partial charge in [-0.05, 0) is 12.1 Å². The van der Waals surface area contributed by atoms with E-state index in [9.17, 15) is 9.59 Å². The molecule has 5 nitrogen and oxygen atoms in total. The molecular formula is C12H15NO4. The Morgan fingerprint density at radius 1 is 1.59 bits per heavy atom. The van der Waals surface area contributed by atoms with Crippen LogP contribution in [0.1, 0.15) is 12.7 Å². The van der Waals surface area contributed by atoms with Gasteiger partial charge in [-0.2, -0.15) is 0 Å². The highest BCUT2D eigenvalue weighted by Gasteiger charge is 2.37. The minimum atomic E-state index is -0.362. The third kappa shape index (κ3) is 2.67. The summed E-state index contributed by atoms with van der Waals surface area (Å²) in [6.45, 7) is 2.41. The molecule has 0 saturated carbocycles. The van der Waals surface area contributed by atoms with Crippen LogP contribution < -0.4 is 5.32 Å². The smallest absolute Gasteiger partial charge is 0.309 e. The fourth-order valence-corrected chi connectivity index (χ4v) is 1.81. The van der Waals surface area contributed by atoms with Crippen LogP contribution in [0.5, 0.6) is 0 Å². The summed E-state index contributed by atoms with van der Waals surface area (Å²) in [5.74, 6) is -0.305. The molecular weight excluding hydrogens is 222 g/mol. The van der Waals surface area contributed by atoms with Gasteiger partial charge in [-0.25, -0.2) is 0 Å². The summed E-state index contributed by atoms with van der Waals surface area (Å²) in [5, 5.41) is 2.78. The minimum absolute atomic E-state index is 0.130. The van der Waals surface area contributed by atoms with Crippen LogP contribution in [0, 0.1) is 11.8 Å². The highest BCUT2D eigenvalue weighted by Crippen LogP contribution is 2.21. The van der Waals surface area contributed by atoms with Crippen molar-refractivity contribution in [2.75, 3.05) is 13.2 Å². The number of carbonyl (C=O) groups excluding carboxylic acids is 2. The number of ether oxygens (including phenoxy) is 1. The van der Waals surface area contributed by atoms with E-state index >= 15 is 0 Å². The number of furan rings is 1. The molecule has 2 heterocycles. The van der Waals surface area contributed by atoms with E-state index < -0.39 is 0 Å². The standard InChI is InChI=1S/C12H15NO4/c1-8-10(7-17-12(8)15)11(14)13-5-4-9-3-2-6-16-9/h2-3,6,8,10H,4-5,7H2,1H3,(H,13,14). The van der Waals surface area contributed by atoms with Crippen LogP contribution in [-0.4, -0.2) is 25.0 Å². The number of cyclic esters (lactones) is 1. The summed E-state index contributed by atoms with van der Waals surface area (Å²) in [6.07, 6.45) is 2.25. The van der Waals surface area contributed by atoms with Crippen molar-refractivity contribution in [3.05, 3.63) is 24.2 Å². The topological polar surface area (TPSA) is 68.5 Å². The van der Waals surface area contributed by atoms with E-state index in [4.69, 9.17) is 9.15 Å². The van der Waals surface area contributed by atoms with Crippen LogP contribution in [0.4, 0.5) is 0 Å². The maximum atomic E-state index is 11.8. The van der Waals surface area contributed by atoms with Crippen molar-refractivity contribution in [1.82, 2.24) is 5.32 Å². The zero-order valence-corrected chi connectivity index (χ0v) is 9.64. The van der Waals surface area contributed by atoms with Gasteiger partial charge in [-0.15, -0.1) is 0 Å². The van der Waals surface area contributed by atoms with E-state index in [0.29, 0.717) is 13.0 Å². The van der Waals surface area contributed by atoms with Gasteiger partial charge in [0.05, 0.1) is 18.1 Å². The summed E-state index contributed by atoms with van der Waals surface area (Å²) in [4.78, 5) is 22.9. The Balaban J connectivity index is 1.76. The van der Waals surface area contributed by atoms with Gasteiger partial charge in [-0.1, -0.05) is 6.92 Å². The van der Waals surface area contributed by atoms with Crippen molar-refractivity contribution in [2.45, 2.75) is 13.3 Å². The molecule has 0 aliphatic carbocycles. The summed E-state index contributed by atoms with van der Waals surface area (Å²) in [5.41, 5.74) is 0. The third-order valence-electron chi connectivity index (χ3n) is 2.97. The molecule has 2 unspecified atom stereocenters. The minimum Gasteiger partial charge on any atom is -0.469 e. The average molecular weight is 237 g/mol. The van der Waals surface area contributed by atoms with Gasteiger partial charge >= 0.3 is 5.97 Å². The lowest BCUT2D eigenvalue weighted by atomic mass is 9.97. The monoisotopic (exact) mass is 237 g/mol. The first-order valence-corrected chi connectivity index (χ1v) is 5.65. The molecule has 0 aromatic carbocycles. The Bertz CT molecular complexity index is 399. The van der Waals surface area contributed by atoms with E-state index in [1.165, 1.54) is 0 Å². The van der Waals surface area contributed by atoms with Crippen molar-refractivity contribution in [3.63, 3.8) is 0 Å². The van der Waals surface area contributed by atoms with Gasteiger partial charge in [0.25, 0.3) is 0 Å². The van der Waals surface area contributed by atoms with Gasteiger partial charge in [0.1, 0.15) is 12.4 Å². The van der Waals surface area contributed by atoms with Gasteiger partial charge in [-0.3, -0.25) is 9.59 Å². The molecule has 17 heavy (non-hydrogen) atoms. The van der Waals surface area contributed by atoms with Crippen molar-refractivity contribution >= 4 is 11.9 Å². The summed E-state index contributed by atoms with van der Waals surface area (Å²) in [7, 11) is 0. The maximum Gasteiger partial charge on any atom is 0.309 e. The first-order chi connectivity index (χ1) is 8.18. The molecule has 0 bridgehead atoms. The van der Waals surface area contributed by atoms with Crippen LogP contribution in [0.2, 0.25) is 0 Å². The van der Waals surface area contributed by atoms with E-state index in [2.05, 4.69) is 5.32 Å². The predicted octanol–water partition coefficient (Wildman–Crippen LogP) is 0.747. The second-order valence-corrected chi connectivity index (χ2v) is 4.15. The van der Waals surface area contributed by atoms with Crippen molar-refractivity contribution in [1.29, 1.82) is 0 Å². The van der Waals surface area contributed by atoms with Crippen molar-refractivity contribution < 1.29 is 18.7 Å². The maximum absolute atomic E-state index is 11.8.